The molecular weight excluding hydrogens is 999 g/mol. The number of carbonyl (C=O) groups is 4. The molecule has 0 radical (unpaired) electrons. The van der Waals surface area contributed by atoms with Crippen LogP contribution in [0.1, 0.15) is 158 Å². The molecule has 0 aliphatic heterocycles. The highest BCUT2D eigenvalue weighted by molar-refractivity contribution is 5.96. The van der Waals surface area contributed by atoms with Crippen molar-refractivity contribution in [2.75, 3.05) is 11.5 Å². The summed E-state index contributed by atoms with van der Waals surface area (Å²) < 4.78 is 4.30. The van der Waals surface area contributed by atoms with Crippen molar-refractivity contribution in [2.45, 2.75) is 105 Å². The third-order valence-corrected chi connectivity index (χ3v) is 11.4. The fourth-order valence-electron chi connectivity index (χ4n) is 7.67. The van der Waals surface area contributed by atoms with Gasteiger partial charge in [0.2, 0.25) is 0 Å². The molecule has 5 heterocycles. The molecule has 0 saturated heterocycles. The van der Waals surface area contributed by atoms with Gasteiger partial charge in [0.05, 0.1) is 56.4 Å². The predicted octanol–water partition coefficient (Wildman–Crippen LogP) is 8.04. The maximum Gasteiger partial charge on any atom is 0.335 e. The van der Waals surface area contributed by atoms with Crippen molar-refractivity contribution in [3.63, 3.8) is 0 Å². The normalized spacial score (nSPS) is 12.3. The largest absolute Gasteiger partial charge is 0.479 e. The number of nitrogens with two attached hydrogens (primary N) is 2. The molecule has 9 N–H and O–H groups in total. The Labute approximate surface area is 437 Å². The van der Waals surface area contributed by atoms with Crippen molar-refractivity contribution in [3.05, 3.63) is 92.6 Å². The Balaban J connectivity index is 1.39. The molecule has 0 aliphatic rings. The number of aromatic hydroxyl groups is 1. The monoisotopic (exact) mass is 1050 g/mol. The number of aromatic carboxylic acids is 4. The van der Waals surface area contributed by atoms with Crippen molar-refractivity contribution in [2.24, 2.45) is 20.5 Å². The van der Waals surface area contributed by atoms with Crippen molar-refractivity contribution in [1.29, 1.82) is 10.5 Å². The highest BCUT2D eigenvalue weighted by Crippen LogP contribution is 2.42. The third-order valence-electron chi connectivity index (χ3n) is 11.4. The molecular formula is C49H51N19O9. The first-order valence-electron chi connectivity index (χ1n) is 23.0. The second-order valence-corrected chi connectivity index (χ2v) is 21.5. The fraction of sp³-hybridized carbons (Fsp3) is 0.327. The molecule has 7 aromatic rings. The summed E-state index contributed by atoms with van der Waals surface area (Å²) in [4.78, 5) is 61.2. The van der Waals surface area contributed by atoms with E-state index in [2.05, 4.69) is 67.9 Å². The van der Waals surface area contributed by atoms with Crippen molar-refractivity contribution in [3.8, 4) is 41.4 Å². The van der Waals surface area contributed by atoms with Crippen LogP contribution in [0.25, 0.3) is 23.3 Å². The number of aromatic nitrogens is 11. The molecule has 77 heavy (non-hydrogen) atoms. The summed E-state index contributed by atoms with van der Waals surface area (Å²) in [5.41, 5.74) is 9.27. The third kappa shape index (κ3) is 10.5. The van der Waals surface area contributed by atoms with Crippen LogP contribution in [0.4, 0.5) is 34.6 Å². The lowest BCUT2D eigenvalue weighted by Gasteiger charge is -2.15. The zero-order chi connectivity index (χ0) is 57.2. The van der Waals surface area contributed by atoms with Gasteiger partial charge in [-0.2, -0.15) is 55.2 Å². The summed E-state index contributed by atoms with van der Waals surface area (Å²) in [6.45, 7) is 21.4. The zero-order valence-electron chi connectivity index (χ0n) is 43.6. The molecule has 0 amide bonds. The SMILES string of the molecule is CC(C)(C)c1nn(-c2cc(C(=O)O)cc(C(=O)O)c2)c(N=Nc2c(C(C)(C)C)nn(-c3nc(O)nc(-n4nc(C(C)(C)C)c(N=Nc5c(C#N)c(C(C)(C)C)nn5-c5cc(C(=O)O)cc(C(=O)O)c5)c4N)n3)c2N)c1C#N. The van der Waals surface area contributed by atoms with Gasteiger partial charge in [-0.15, -0.1) is 20.5 Å². The summed E-state index contributed by atoms with van der Waals surface area (Å²) in [6, 6.07) is 9.97. The van der Waals surface area contributed by atoms with E-state index in [9.17, 15) is 55.2 Å². The van der Waals surface area contributed by atoms with Crippen LogP contribution >= 0.6 is 0 Å². The van der Waals surface area contributed by atoms with Crippen molar-refractivity contribution in [1.82, 2.24) is 54.1 Å². The van der Waals surface area contributed by atoms with Gasteiger partial charge in [-0.25, -0.2) is 28.5 Å². The molecule has 5 aromatic heterocycles. The number of azo groups is 2. The Kier molecular flexibility index (Phi) is 13.6. The van der Waals surface area contributed by atoms with Gasteiger partial charge in [0.15, 0.2) is 34.6 Å². The van der Waals surface area contributed by atoms with Crippen molar-refractivity contribution < 1.29 is 44.7 Å². The van der Waals surface area contributed by atoms with E-state index in [0.29, 0.717) is 0 Å². The maximum atomic E-state index is 12.1. The average molecular weight is 1050 g/mol. The molecule has 7 rings (SSSR count). The van der Waals surface area contributed by atoms with Crippen LogP contribution in [0.2, 0.25) is 0 Å². The summed E-state index contributed by atoms with van der Waals surface area (Å²) in [7, 11) is 0. The Morgan fingerprint density at radius 1 is 0.468 bits per heavy atom. The smallest absolute Gasteiger partial charge is 0.335 e. The van der Waals surface area contributed by atoms with Crippen LogP contribution in [0.3, 0.4) is 0 Å². The van der Waals surface area contributed by atoms with E-state index in [1.165, 1.54) is 24.3 Å². The molecule has 28 heteroatoms. The van der Waals surface area contributed by atoms with Gasteiger partial charge in [-0.3, -0.25) is 0 Å². The first-order chi connectivity index (χ1) is 35.7. The minimum atomic E-state index is -1.42. The first kappa shape index (κ1) is 54.5. The van der Waals surface area contributed by atoms with Gasteiger partial charge in [0, 0.05) is 21.7 Å². The minimum absolute atomic E-state index is 0.0548. The lowest BCUT2D eigenvalue weighted by molar-refractivity contribution is 0.0676. The quantitative estimate of drug-likeness (QED) is 0.0569. The molecule has 28 nitrogen and oxygen atoms in total. The number of benzene rings is 2. The molecule has 0 fully saturated rings. The summed E-state index contributed by atoms with van der Waals surface area (Å²) >= 11 is 0. The van der Waals surface area contributed by atoms with E-state index in [1.54, 1.807) is 83.1 Å². The second kappa shape index (κ2) is 19.2. The number of nitriles is 2. The number of hydrogen-bond acceptors (Lipinski definition) is 20. The molecule has 0 spiro atoms. The Bertz CT molecular complexity index is 3470. The number of nitrogens with zero attached hydrogens (tertiary/aromatic N) is 17. The number of hydrogen-bond donors (Lipinski definition) is 7. The Morgan fingerprint density at radius 3 is 1.01 bits per heavy atom. The highest BCUT2D eigenvalue weighted by atomic mass is 16.4. The fourth-order valence-corrected chi connectivity index (χ4v) is 7.67. The number of carboxylic acids is 4. The zero-order valence-corrected chi connectivity index (χ0v) is 43.6. The molecule has 0 aliphatic carbocycles. The van der Waals surface area contributed by atoms with Gasteiger partial charge in [0.1, 0.15) is 23.3 Å². The second-order valence-electron chi connectivity index (χ2n) is 21.5. The van der Waals surface area contributed by atoms with Gasteiger partial charge in [-0.1, -0.05) is 83.1 Å². The van der Waals surface area contributed by atoms with E-state index in [4.69, 9.17) is 11.5 Å². The predicted molar refractivity (Wildman–Crippen MR) is 272 cm³/mol. The van der Waals surface area contributed by atoms with E-state index in [0.717, 1.165) is 30.9 Å². The molecule has 0 atom stereocenters. The minimum Gasteiger partial charge on any atom is -0.479 e. The van der Waals surface area contributed by atoms with Crippen LogP contribution in [0, 0.1) is 22.7 Å². The molecule has 0 unspecified atom stereocenters. The highest BCUT2D eigenvalue weighted by Gasteiger charge is 2.34. The van der Waals surface area contributed by atoms with E-state index < -0.39 is 51.5 Å². The van der Waals surface area contributed by atoms with Crippen molar-refractivity contribution >= 4 is 58.5 Å². The molecule has 2 aromatic carbocycles. The van der Waals surface area contributed by atoms with Crippen LogP contribution in [-0.4, -0.2) is 103 Å². The standard InChI is InChI=1S/C49H51N19O9/c1-46(2,3)31-27(19-50)37(65(61-31)25-15-21(39(69)70)13-22(16-25)40(71)72)59-57-29-33(48(7,8)9)63-67(35(29)52)43-54-44(56-45(77)55-43)68-36(53)30(34(64-68)49(10,11)12)58-60-38-28(20-51)32(47(4,5)6)62-66(38)26-17-23(41(73)74)14-24(18-26)42(75)76/h13-18H,52-53H2,1-12H3,(H,69,70)(H,71,72)(H,73,74)(H,75,76)(H,54,55,56,77). The number of rotatable bonds is 12. The van der Waals surface area contributed by atoms with Gasteiger partial charge in [0.25, 0.3) is 11.9 Å². The van der Waals surface area contributed by atoms with Crippen LogP contribution < -0.4 is 11.5 Å². The van der Waals surface area contributed by atoms with E-state index in [1.807, 2.05) is 0 Å². The average Bonchev–Trinajstić information content (AvgIpc) is 4.09. The molecule has 0 bridgehead atoms. The number of carboxylic acid groups (broad SMARTS) is 4. The summed E-state index contributed by atoms with van der Waals surface area (Å²) in [5, 5.41) is 108. The number of nitrogen functional groups attached to an aromatic ring is 2. The van der Waals surface area contributed by atoms with Crippen LogP contribution in [0.15, 0.2) is 56.9 Å². The number of anilines is 2. The first-order valence-corrected chi connectivity index (χ1v) is 23.0. The maximum absolute atomic E-state index is 12.1. The Hall–Kier alpha value is -10.3. The van der Waals surface area contributed by atoms with E-state index in [-0.39, 0.29) is 114 Å². The van der Waals surface area contributed by atoms with Gasteiger partial charge in [-0.05, 0) is 36.4 Å². The Morgan fingerprint density at radius 2 is 0.753 bits per heavy atom. The van der Waals surface area contributed by atoms with Gasteiger partial charge < -0.3 is 37.0 Å². The summed E-state index contributed by atoms with van der Waals surface area (Å²) in [5.74, 6) is -7.33. The van der Waals surface area contributed by atoms with E-state index >= 15 is 0 Å². The lowest BCUT2D eigenvalue weighted by atomic mass is 9.89. The lowest BCUT2D eigenvalue weighted by Crippen LogP contribution is -2.16. The molecule has 0 saturated carbocycles. The molecule has 396 valence electrons. The van der Waals surface area contributed by atoms with Crippen LogP contribution in [0.5, 0.6) is 6.01 Å². The van der Waals surface area contributed by atoms with Gasteiger partial charge >= 0.3 is 29.9 Å². The summed E-state index contributed by atoms with van der Waals surface area (Å²) in [6.07, 6.45) is 0. The van der Waals surface area contributed by atoms with Crippen LogP contribution in [-0.2, 0) is 21.7 Å². The topological polar surface area (TPSA) is 428 Å².